The Hall–Kier alpha value is -0.511. The Kier molecular flexibility index (Phi) is 9.23. The van der Waals surface area contributed by atoms with Crippen molar-refractivity contribution in [1.29, 1.82) is 0 Å². The second-order valence-electron chi connectivity index (χ2n) is 4.10. The summed E-state index contributed by atoms with van der Waals surface area (Å²) in [4.78, 5) is 11.3. The molecule has 0 radical (unpaired) electrons. The van der Waals surface area contributed by atoms with E-state index < -0.39 is 18.8 Å². The normalized spacial score (nSPS) is 15.8. The summed E-state index contributed by atoms with van der Waals surface area (Å²) >= 11 is -2.85. The second-order valence-corrected chi connectivity index (χ2v) is 14.9. The van der Waals surface area contributed by atoms with E-state index in [-0.39, 0.29) is 5.97 Å². The molecule has 0 aliphatic heterocycles. The molecule has 2 nitrogen and oxygen atoms in total. The zero-order chi connectivity index (χ0) is 13.1. The van der Waals surface area contributed by atoms with Crippen molar-refractivity contribution in [3.8, 4) is 0 Å². The molecule has 0 atom stereocenters. The summed E-state index contributed by atoms with van der Waals surface area (Å²) < 4.78 is 8.63. The Bertz CT molecular complexity index is 267. The third-order valence-corrected chi connectivity index (χ3v) is 13.0. The van der Waals surface area contributed by atoms with E-state index in [4.69, 9.17) is 3.07 Å². The van der Waals surface area contributed by atoms with Crippen molar-refractivity contribution < 1.29 is 7.87 Å². The van der Waals surface area contributed by atoms with Crippen LogP contribution in [0.2, 0.25) is 13.3 Å². The zero-order valence-electron chi connectivity index (χ0n) is 11.4. The molecule has 0 heterocycles. The van der Waals surface area contributed by atoms with Gasteiger partial charge in [-0.3, -0.25) is 0 Å². The third kappa shape index (κ3) is 7.42. The van der Waals surface area contributed by atoms with Crippen LogP contribution in [0, 0.1) is 0 Å². The molecule has 0 aromatic rings. The van der Waals surface area contributed by atoms with Gasteiger partial charge < -0.3 is 0 Å². The number of carbonyl (C=O) groups excluding carboxylic acids is 1. The van der Waals surface area contributed by atoms with E-state index in [1.807, 2.05) is 39.0 Å². The molecule has 0 aliphatic carbocycles. The van der Waals surface area contributed by atoms with Crippen LogP contribution in [0.25, 0.3) is 0 Å². The quantitative estimate of drug-likeness (QED) is 0.511. The van der Waals surface area contributed by atoms with E-state index in [1.54, 1.807) is 0 Å². The van der Waals surface area contributed by atoms with Crippen molar-refractivity contribution in [3.05, 3.63) is 36.5 Å². The Balaban J connectivity index is 4.94. The molecule has 0 spiro atoms. The predicted molar refractivity (Wildman–Crippen MR) is 76.4 cm³/mol. The Morgan fingerprint density at radius 1 is 0.941 bits per heavy atom. The number of carbonyl (C=O) groups is 1. The van der Waals surface area contributed by atoms with Gasteiger partial charge in [0.15, 0.2) is 0 Å². The molecule has 0 aromatic heterocycles. The van der Waals surface area contributed by atoms with Crippen LogP contribution in [-0.2, 0) is 7.87 Å². The minimum atomic E-state index is -2.85. The molecule has 0 unspecified atom stereocenters. The molecule has 0 fully saturated rings. The maximum atomic E-state index is 11.3. The van der Waals surface area contributed by atoms with Crippen molar-refractivity contribution >= 4 is 24.8 Å². The van der Waals surface area contributed by atoms with Gasteiger partial charge in [0.1, 0.15) is 0 Å². The molecule has 0 saturated carbocycles. The van der Waals surface area contributed by atoms with Crippen molar-refractivity contribution in [2.45, 2.75) is 41.0 Å². The molecule has 0 N–H and O–H groups in total. The summed E-state index contributed by atoms with van der Waals surface area (Å²) in [5.41, 5.74) is 0. The fraction of sp³-hybridized carbons (Fsp3) is 0.500. The van der Waals surface area contributed by atoms with Crippen molar-refractivity contribution in [1.82, 2.24) is 0 Å². The summed E-state index contributed by atoms with van der Waals surface area (Å²) in [5, 5.41) is 0. The van der Waals surface area contributed by atoms with E-state index in [2.05, 4.69) is 18.2 Å². The predicted octanol–water partition coefficient (Wildman–Crippen LogP) is 4.22. The summed E-state index contributed by atoms with van der Waals surface area (Å²) in [6.45, 7) is 7.55. The molecule has 17 heavy (non-hydrogen) atoms. The fourth-order valence-corrected chi connectivity index (χ4v) is 11.3. The summed E-state index contributed by atoms with van der Waals surface area (Å²) in [5.74, 6) is -0.126. The summed E-state index contributed by atoms with van der Waals surface area (Å²) in [6, 6.07) is 0. The van der Waals surface area contributed by atoms with Gasteiger partial charge in [-0.1, -0.05) is 0 Å². The van der Waals surface area contributed by atoms with E-state index >= 15 is 0 Å². The van der Waals surface area contributed by atoms with Gasteiger partial charge in [-0.15, -0.1) is 0 Å². The first-order valence-electron chi connectivity index (χ1n) is 6.13. The second kappa shape index (κ2) is 9.51. The first-order chi connectivity index (χ1) is 8.10. The van der Waals surface area contributed by atoms with Gasteiger partial charge in [0.05, 0.1) is 0 Å². The van der Waals surface area contributed by atoms with Gasteiger partial charge in [-0.25, -0.2) is 0 Å². The average molecular weight is 343 g/mol. The van der Waals surface area contributed by atoms with Gasteiger partial charge in [0.25, 0.3) is 0 Å². The Morgan fingerprint density at radius 2 is 1.29 bits per heavy atom. The van der Waals surface area contributed by atoms with Gasteiger partial charge >= 0.3 is 110 Å². The number of allylic oxidation sites excluding steroid dienone is 6. The Morgan fingerprint density at radius 3 is 1.53 bits per heavy atom. The van der Waals surface area contributed by atoms with Crippen LogP contribution in [0.5, 0.6) is 0 Å². The van der Waals surface area contributed by atoms with Crippen LogP contribution in [0.1, 0.15) is 27.7 Å². The fourth-order valence-electron chi connectivity index (χ4n) is 1.68. The van der Waals surface area contributed by atoms with E-state index in [1.165, 1.54) is 6.92 Å². The molecule has 3 heteroatoms. The molecule has 0 aliphatic rings. The third-order valence-electron chi connectivity index (χ3n) is 2.54. The van der Waals surface area contributed by atoms with Gasteiger partial charge in [-0.2, -0.15) is 0 Å². The standard InChI is InChI=1S/3C4H7.C2H4O2.Sn/c3*1-3-4-2;1-2(3)4;/h3*3-4H,1H2,2H3;1H3,(H,3,4);/q;;;;+1/p-1. The molecular weight excluding hydrogens is 319 g/mol. The molecular formula is C14H24O2Sn. The molecule has 0 amide bonds. The first-order valence-corrected chi connectivity index (χ1v) is 13.3. The molecule has 0 bridgehead atoms. The monoisotopic (exact) mass is 344 g/mol. The van der Waals surface area contributed by atoms with Crippen molar-refractivity contribution in [2.75, 3.05) is 0 Å². The van der Waals surface area contributed by atoms with E-state index in [0.29, 0.717) is 0 Å². The zero-order valence-corrected chi connectivity index (χ0v) is 14.3. The maximum absolute atomic E-state index is 11.3. The molecule has 0 rings (SSSR count). The first kappa shape index (κ1) is 16.5. The summed E-state index contributed by atoms with van der Waals surface area (Å²) in [7, 11) is 0. The van der Waals surface area contributed by atoms with Crippen LogP contribution in [0.15, 0.2) is 36.5 Å². The van der Waals surface area contributed by atoms with Crippen molar-refractivity contribution in [3.63, 3.8) is 0 Å². The van der Waals surface area contributed by atoms with Gasteiger partial charge in [0.2, 0.25) is 0 Å². The number of rotatable bonds is 7. The molecule has 0 aromatic carbocycles. The van der Waals surface area contributed by atoms with Crippen LogP contribution in [0.3, 0.4) is 0 Å². The van der Waals surface area contributed by atoms with E-state index in [9.17, 15) is 4.79 Å². The van der Waals surface area contributed by atoms with Crippen molar-refractivity contribution in [2.24, 2.45) is 0 Å². The van der Waals surface area contributed by atoms with Crippen LogP contribution >= 0.6 is 0 Å². The molecule has 0 saturated heterocycles. The topological polar surface area (TPSA) is 26.3 Å². The molecule has 96 valence electrons. The summed E-state index contributed by atoms with van der Waals surface area (Å²) in [6.07, 6.45) is 12.6. The van der Waals surface area contributed by atoms with Gasteiger partial charge in [-0.05, 0) is 0 Å². The number of hydrogen-bond donors (Lipinski definition) is 0. The minimum absolute atomic E-state index is 0.126. The number of hydrogen-bond acceptors (Lipinski definition) is 2. The SMILES string of the molecule is CC=C[CH2][Sn]([CH2]C=CC)([CH2]C=CC)[O]C(C)=O. The Labute approximate surface area is 110 Å². The van der Waals surface area contributed by atoms with Crippen LogP contribution in [0.4, 0.5) is 0 Å². The average Bonchev–Trinajstić information content (AvgIpc) is 2.30. The van der Waals surface area contributed by atoms with Crippen LogP contribution in [-0.4, -0.2) is 24.8 Å². The van der Waals surface area contributed by atoms with Gasteiger partial charge in [0, 0.05) is 0 Å². The van der Waals surface area contributed by atoms with Crippen LogP contribution < -0.4 is 0 Å². The van der Waals surface area contributed by atoms with E-state index in [0.717, 1.165) is 13.3 Å².